The number of hydrogen-bond donors (Lipinski definition) is 3. The number of carbonyl (C=O) groups is 1. The van der Waals surface area contributed by atoms with Gasteiger partial charge in [0, 0.05) is 29.9 Å². The molecular weight excluding hydrogens is 486 g/mol. The Bertz CT molecular complexity index is 1340. The summed E-state index contributed by atoms with van der Waals surface area (Å²) in [5.41, 5.74) is 0.247. The molecule has 0 aliphatic heterocycles. The maximum absolute atomic E-state index is 13.9. The Labute approximate surface area is 199 Å². The van der Waals surface area contributed by atoms with Crippen molar-refractivity contribution in [3.05, 3.63) is 71.4 Å². The zero-order valence-corrected chi connectivity index (χ0v) is 19.0. The van der Waals surface area contributed by atoms with Crippen LogP contribution in [0.1, 0.15) is 34.5 Å². The first-order valence-corrected chi connectivity index (χ1v) is 12.0. The van der Waals surface area contributed by atoms with E-state index < -0.39 is 39.7 Å². The van der Waals surface area contributed by atoms with Crippen LogP contribution in [0.2, 0.25) is 0 Å². The molecule has 0 amide bonds. The number of aliphatic hydroxyl groups is 1. The van der Waals surface area contributed by atoms with Gasteiger partial charge in [-0.25, -0.2) is 23.9 Å². The fraction of sp³-hybridized carbons (Fsp3) is 0.333. The predicted octanol–water partition coefficient (Wildman–Crippen LogP) is 1.00. The van der Waals surface area contributed by atoms with Gasteiger partial charge in [-0.1, -0.05) is 0 Å². The molecule has 0 bridgehead atoms. The van der Waals surface area contributed by atoms with Gasteiger partial charge in [-0.3, -0.25) is 13.7 Å². The van der Waals surface area contributed by atoms with Crippen LogP contribution in [0.25, 0.3) is 0 Å². The van der Waals surface area contributed by atoms with Gasteiger partial charge < -0.3 is 10.4 Å². The van der Waals surface area contributed by atoms with E-state index in [2.05, 4.69) is 24.6 Å². The molecular formula is C21H22F2N6O5S. The monoisotopic (exact) mass is 508 g/mol. The van der Waals surface area contributed by atoms with E-state index in [-0.39, 0.29) is 48.3 Å². The van der Waals surface area contributed by atoms with Crippen molar-refractivity contribution < 1.29 is 31.3 Å². The highest BCUT2D eigenvalue weighted by Crippen LogP contribution is 2.30. The Morgan fingerprint density at radius 1 is 1.29 bits per heavy atom. The van der Waals surface area contributed by atoms with Gasteiger partial charge in [-0.15, -0.1) is 0 Å². The minimum absolute atomic E-state index is 0.0468. The van der Waals surface area contributed by atoms with Gasteiger partial charge in [0.2, 0.25) is 5.78 Å². The Morgan fingerprint density at radius 3 is 2.86 bits per heavy atom. The maximum atomic E-state index is 13.9. The minimum atomic E-state index is -4.13. The van der Waals surface area contributed by atoms with Gasteiger partial charge in [-0.05, 0) is 37.1 Å². The van der Waals surface area contributed by atoms with Gasteiger partial charge >= 0.3 is 10.3 Å². The van der Waals surface area contributed by atoms with Crippen molar-refractivity contribution in [3.8, 4) is 0 Å². The van der Waals surface area contributed by atoms with Crippen molar-refractivity contribution in [2.75, 3.05) is 11.9 Å². The first-order valence-electron chi connectivity index (χ1n) is 10.5. The number of nitrogens with two attached hydrogens (primary N) is 1. The largest absolute Gasteiger partial charge is 0.393 e. The summed E-state index contributed by atoms with van der Waals surface area (Å²) >= 11 is 0. The lowest BCUT2D eigenvalue weighted by molar-refractivity contribution is 0.101. The van der Waals surface area contributed by atoms with Crippen LogP contribution in [0.5, 0.6) is 0 Å². The van der Waals surface area contributed by atoms with Crippen LogP contribution in [0.4, 0.5) is 14.6 Å². The molecule has 1 saturated carbocycles. The van der Waals surface area contributed by atoms with Gasteiger partial charge in [0.25, 0.3) is 0 Å². The second kappa shape index (κ2) is 10.1. The number of benzene rings is 1. The van der Waals surface area contributed by atoms with Crippen molar-refractivity contribution in [2.45, 2.75) is 31.5 Å². The Kier molecular flexibility index (Phi) is 7.16. The average molecular weight is 509 g/mol. The van der Waals surface area contributed by atoms with Crippen molar-refractivity contribution in [1.29, 1.82) is 0 Å². The summed E-state index contributed by atoms with van der Waals surface area (Å²) in [4.78, 5) is 21.1. The number of anilines is 1. The molecule has 2 aromatic heterocycles. The molecule has 4 N–H and O–H groups in total. The number of rotatable bonds is 9. The van der Waals surface area contributed by atoms with Crippen LogP contribution in [-0.4, -0.2) is 57.8 Å². The lowest BCUT2D eigenvalue weighted by Gasteiger charge is -2.15. The van der Waals surface area contributed by atoms with Gasteiger partial charge in [0.05, 0.1) is 24.8 Å². The number of aliphatic hydroxyl groups excluding tert-OH is 1. The average Bonchev–Trinajstić information content (AvgIpc) is 3.40. The lowest BCUT2D eigenvalue weighted by Crippen LogP contribution is -2.24. The molecule has 4 rings (SSSR count). The summed E-state index contributed by atoms with van der Waals surface area (Å²) < 4.78 is 55.3. The van der Waals surface area contributed by atoms with E-state index in [4.69, 9.17) is 5.14 Å². The molecule has 0 saturated heterocycles. The third kappa shape index (κ3) is 6.22. The summed E-state index contributed by atoms with van der Waals surface area (Å²) in [7, 11) is -4.13. The highest BCUT2D eigenvalue weighted by molar-refractivity contribution is 7.84. The molecule has 35 heavy (non-hydrogen) atoms. The molecule has 3 aromatic rings. The van der Waals surface area contributed by atoms with Crippen molar-refractivity contribution in [3.63, 3.8) is 0 Å². The topological polar surface area (TPSA) is 162 Å². The second-order valence-corrected chi connectivity index (χ2v) is 9.39. The molecule has 14 heteroatoms. The Hall–Kier alpha value is -3.33. The minimum Gasteiger partial charge on any atom is -0.393 e. The highest BCUT2D eigenvalue weighted by Gasteiger charge is 2.34. The first kappa shape index (κ1) is 24.8. The smallest absolute Gasteiger partial charge is 0.333 e. The van der Waals surface area contributed by atoms with E-state index in [9.17, 15) is 27.1 Å². The fourth-order valence-electron chi connectivity index (χ4n) is 3.93. The molecule has 11 nitrogen and oxygen atoms in total. The molecule has 3 atom stereocenters. The van der Waals surface area contributed by atoms with Crippen LogP contribution in [-0.2, 0) is 21.0 Å². The number of ketones is 1. The van der Waals surface area contributed by atoms with Crippen molar-refractivity contribution in [2.24, 2.45) is 11.1 Å². The van der Waals surface area contributed by atoms with Gasteiger partial charge in [0.1, 0.15) is 29.5 Å². The summed E-state index contributed by atoms with van der Waals surface area (Å²) in [5, 5.41) is 22.3. The maximum Gasteiger partial charge on any atom is 0.333 e. The Morgan fingerprint density at radius 2 is 2.09 bits per heavy atom. The van der Waals surface area contributed by atoms with E-state index in [1.807, 2.05) is 0 Å². The molecule has 1 aromatic carbocycles. The number of carbonyl (C=O) groups excluding carboxylic acids is 1. The quantitative estimate of drug-likeness (QED) is 0.358. The zero-order valence-electron chi connectivity index (χ0n) is 18.2. The molecule has 0 spiro atoms. The normalized spacial score (nSPS) is 20.2. The number of nitrogens with one attached hydrogen (secondary N) is 1. The third-order valence-electron chi connectivity index (χ3n) is 5.61. The van der Waals surface area contributed by atoms with E-state index in [0.29, 0.717) is 6.42 Å². The fourth-order valence-corrected chi connectivity index (χ4v) is 4.30. The van der Waals surface area contributed by atoms with Crippen LogP contribution < -0.4 is 10.5 Å². The van der Waals surface area contributed by atoms with E-state index in [0.717, 1.165) is 18.2 Å². The summed E-state index contributed by atoms with van der Waals surface area (Å²) in [6.07, 6.45) is 3.81. The summed E-state index contributed by atoms with van der Waals surface area (Å²) in [6, 6.07) is 4.21. The van der Waals surface area contributed by atoms with Crippen molar-refractivity contribution in [1.82, 2.24) is 19.7 Å². The summed E-state index contributed by atoms with van der Waals surface area (Å²) in [5.74, 6) is -1.95. The molecule has 1 aliphatic rings. The van der Waals surface area contributed by atoms with Crippen LogP contribution >= 0.6 is 0 Å². The second-order valence-electron chi connectivity index (χ2n) is 8.17. The standard InChI is InChI=1S/C21H22F2N6O5S/c22-14-1-2-17(23)12(5-14)9-29-4-3-18(28-29)20(31)16-8-25-11-26-21(16)27-15-6-13(19(30)7-15)10-34-35(24,32)33/h1-5,8,11,13,15,19,30H,6-7,9-10H2,(H2,24,32,33)(H,25,26,27)/t13-,15-,19+/m1/s1. The van der Waals surface area contributed by atoms with Crippen LogP contribution in [0.3, 0.4) is 0 Å². The van der Waals surface area contributed by atoms with Crippen molar-refractivity contribution >= 4 is 21.9 Å². The SMILES string of the molecule is NS(=O)(=O)OC[C@H]1C[C@@H](Nc2ncncc2C(=O)c2ccn(Cc3cc(F)ccc3F)n2)C[C@@H]1O. The zero-order chi connectivity index (χ0) is 25.2. The van der Waals surface area contributed by atoms with E-state index >= 15 is 0 Å². The molecule has 186 valence electrons. The molecule has 2 heterocycles. The van der Waals surface area contributed by atoms with E-state index in [1.165, 1.54) is 29.5 Å². The highest BCUT2D eigenvalue weighted by atomic mass is 32.2. The molecule has 1 aliphatic carbocycles. The van der Waals surface area contributed by atoms with Gasteiger partial charge in [-0.2, -0.15) is 13.5 Å². The van der Waals surface area contributed by atoms with Crippen LogP contribution in [0.15, 0.2) is 43.0 Å². The molecule has 0 unspecified atom stereocenters. The number of hydrogen-bond acceptors (Lipinski definition) is 9. The van der Waals surface area contributed by atoms with Gasteiger partial charge in [0.15, 0.2) is 0 Å². The lowest BCUT2D eigenvalue weighted by atomic mass is 10.1. The number of halogens is 2. The number of nitrogens with zero attached hydrogens (tertiary/aromatic N) is 4. The molecule has 1 fully saturated rings. The summed E-state index contributed by atoms with van der Waals surface area (Å²) in [6.45, 7) is -0.341. The third-order valence-corrected chi connectivity index (χ3v) is 6.08. The number of aromatic nitrogens is 4. The Balaban J connectivity index is 1.46. The first-order chi connectivity index (χ1) is 16.6. The van der Waals surface area contributed by atoms with E-state index in [1.54, 1.807) is 0 Å². The van der Waals surface area contributed by atoms with Crippen LogP contribution in [0, 0.1) is 17.6 Å². The molecule has 0 radical (unpaired) electrons. The predicted molar refractivity (Wildman–Crippen MR) is 118 cm³/mol.